The van der Waals surface area contributed by atoms with Gasteiger partial charge in [0.15, 0.2) is 0 Å². The molecule has 1 saturated heterocycles. The fourth-order valence-electron chi connectivity index (χ4n) is 5.22. The molecular weight excluding hydrogens is 462 g/mol. The number of anilines is 2. The van der Waals surface area contributed by atoms with Crippen molar-refractivity contribution < 1.29 is 9.53 Å². The minimum atomic E-state index is -0.507. The van der Waals surface area contributed by atoms with Crippen molar-refractivity contribution >= 4 is 23.6 Å². The molecule has 2 heterocycles. The molecule has 1 saturated carbocycles. The summed E-state index contributed by atoms with van der Waals surface area (Å²) < 4.78 is 5.36. The fraction of sp³-hybridized carbons (Fsp3) is 0.500. The molecule has 1 aromatic heterocycles. The number of esters is 1. The van der Waals surface area contributed by atoms with E-state index in [1.807, 2.05) is 45.0 Å². The van der Waals surface area contributed by atoms with Crippen molar-refractivity contribution in [3.8, 4) is 6.07 Å². The van der Waals surface area contributed by atoms with Crippen LogP contribution >= 0.6 is 0 Å². The zero-order valence-corrected chi connectivity index (χ0v) is 22.2. The summed E-state index contributed by atoms with van der Waals surface area (Å²) in [5.74, 6) is 0.478. The van der Waals surface area contributed by atoms with Crippen LogP contribution < -0.4 is 15.5 Å². The van der Waals surface area contributed by atoms with Crippen LogP contribution in [0.3, 0.4) is 0 Å². The number of piperidine rings is 1. The van der Waals surface area contributed by atoms with Crippen LogP contribution in [-0.4, -0.2) is 47.8 Å². The van der Waals surface area contributed by atoms with Crippen molar-refractivity contribution in [1.82, 2.24) is 10.3 Å². The molecule has 2 aliphatic rings. The van der Waals surface area contributed by atoms with Gasteiger partial charge < -0.3 is 20.3 Å². The lowest BCUT2D eigenvalue weighted by Crippen LogP contribution is -2.55. The minimum absolute atomic E-state index is 0.302. The van der Waals surface area contributed by atoms with E-state index < -0.39 is 5.60 Å². The van der Waals surface area contributed by atoms with Gasteiger partial charge in [-0.3, -0.25) is 0 Å². The van der Waals surface area contributed by atoms with E-state index in [1.165, 1.54) is 31.0 Å². The van der Waals surface area contributed by atoms with E-state index in [9.17, 15) is 4.79 Å². The average molecular weight is 502 g/mol. The van der Waals surface area contributed by atoms with Gasteiger partial charge in [-0.15, -0.1) is 0 Å². The highest BCUT2D eigenvalue weighted by atomic mass is 16.6. The molecule has 2 aromatic rings. The summed E-state index contributed by atoms with van der Waals surface area (Å²) in [7, 11) is 0. The number of hydrogen-bond donors (Lipinski definition) is 2. The lowest BCUT2D eigenvalue weighted by molar-refractivity contribution is -0.148. The zero-order valence-electron chi connectivity index (χ0n) is 22.2. The van der Waals surface area contributed by atoms with E-state index in [1.54, 1.807) is 12.3 Å². The molecule has 4 rings (SSSR count). The van der Waals surface area contributed by atoms with Crippen LogP contribution in [0.15, 0.2) is 48.7 Å². The van der Waals surface area contributed by atoms with Gasteiger partial charge in [0.2, 0.25) is 0 Å². The first kappa shape index (κ1) is 26.7. The molecule has 37 heavy (non-hydrogen) atoms. The van der Waals surface area contributed by atoms with Crippen LogP contribution in [0.25, 0.3) is 6.08 Å². The van der Waals surface area contributed by atoms with Crippen LogP contribution in [0, 0.1) is 11.3 Å². The molecule has 1 aromatic carbocycles. The average Bonchev–Trinajstić information content (AvgIpc) is 2.88. The Morgan fingerprint density at radius 2 is 1.86 bits per heavy atom. The van der Waals surface area contributed by atoms with Gasteiger partial charge >= 0.3 is 5.97 Å². The zero-order chi connectivity index (χ0) is 26.3. The van der Waals surface area contributed by atoms with Crippen molar-refractivity contribution in [3.63, 3.8) is 0 Å². The second-order valence-electron chi connectivity index (χ2n) is 11.1. The van der Waals surface area contributed by atoms with E-state index in [4.69, 9.17) is 10.00 Å². The third-order valence-corrected chi connectivity index (χ3v) is 6.93. The fourth-order valence-corrected chi connectivity index (χ4v) is 5.22. The molecule has 2 N–H and O–H groups in total. The predicted octanol–water partition coefficient (Wildman–Crippen LogP) is 5.29. The van der Waals surface area contributed by atoms with Crippen LogP contribution in [-0.2, 0) is 9.53 Å². The predicted molar refractivity (Wildman–Crippen MR) is 148 cm³/mol. The number of rotatable bonds is 7. The van der Waals surface area contributed by atoms with Crippen molar-refractivity contribution in [2.24, 2.45) is 0 Å². The third-order valence-electron chi connectivity index (χ3n) is 6.93. The molecule has 0 spiro atoms. The Hall–Kier alpha value is -3.37. The number of nitriles is 1. The monoisotopic (exact) mass is 501 g/mol. The summed E-state index contributed by atoms with van der Waals surface area (Å²) >= 11 is 0. The molecule has 7 heteroatoms. The van der Waals surface area contributed by atoms with E-state index >= 15 is 0 Å². The summed E-state index contributed by atoms with van der Waals surface area (Å²) in [6.07, 6.45) is 12.0. The van der Waals surface area contributed by atoms with Gasteiger partial charge in [-0.1, -0.05) is 12.8 Å². The molecule has 0 bridgehead atoms. The number of benzene rings is 1. The number of nitrogens with one attached hydrogen (secondary N) is 2. The molecule has 7 nitrogen and oxygen atoms in total. The van der Waals surface area contributed by atoms with E-state index in [0.717, 1.165) is 43.7 Å². The number of nitrogens with zero attached hydrogens (tertiary/aromatic N) is 3. The molecule has 3 atom stereocenters. The first-order chi connectivity index (χ1) is 17.8. The first-order valence-electron chi connectivity index (χ1n) is 13.4. The molecule has 2 fully saturated rings. The molecule has 0 unspecified atom stereocenters. The van der Waals surface area contributed by atoms with Crippen LogP contribution in [0.2, 0.25) is 0 Å². The Bertz CT molecular complexity index is 1120. The summed E-state index contributed by atoms with van der Waals surface area (Å²) in [4.78, 5) is 19.0. The lowest BCUT2D eigenvalue weighted by atomic mass is 9.89. The quantitative estimate of drug-likeness (QED) is 0.393. The highest BCUT2D eigenvalue weighted by Crippen LogP contribution is 2.25. The van der Waals surface area contributed by atoms with Crippen molar-refractivity contribution in [2.75, 3.05) is 23.3 Å². The summed E-state index contributed by atoms with van der Waals surface area (Å²) in [5.41, 5.74) is 2.29. The number of carbonyl (C=O) groups excluding carboxylic acids is 1. The van der Waals surface area contributed by atoms with E-state index in [0.29, 0.717) is 23.7 Å². The van der Waals surface area contributed by atoms with Gasteiger partial charge in [0.1, 0.15) is 11.4 Å². The topological polar surface area (TPSA) is 90.3 Å². The smallest absolute Gasteiger partial charge is 0.331 e. The van der Waals surface area contributed by atoms with Gasteiger partial charge in [-0.05, 0) is 94.5 Å². The second kappa shape index (κ2) is 12.2. The third kappa shape index (κ3) is 8.06. The number of aromatic nitrogens is 1. The van der Waals surface area contributed by atoms with Crippen molar-refractivity contribution in [3.05, 3.63) is 59.8 Å². The number of carbonyl (C=O) groups is 1. The van der Waals surface area contributed by atoms with Gasteiger partial charge in [-0.25, -0.2) is 9.78 Å². The second-order valence-corrected chi connectivity index (χ2v) is 11.1. The molecular formula is C30H39N5O2. The molecule has 0 radical (unpaired) electrons. The molecule has 0 amide bonds. The lowest BCUT2D eigenvalue weighted by Gasteiger charge is -2.40. The van der Waals surface area contributed by atoms with Crippen molar-refractivity contribution in [1.29, 1.82) is 5.26 Å². The maximum atomic E-state index is 12.0. The Balaban J connectivity index is 1.36. The number of hydrogen-bond acceptors (Lipinski definition) is 7. The SMILES string of the molecule is CC(C)(C)OC(=O)C=Cc1ccnc(N[C@@H]2CCCC[C@H]2N[C@H]2CCCN(c3ccc(C#N)cc3)C2)c1. The van der Waals surface area contributed by atoms with Crippen molar-refractivity contribution in [2.45, 2.75) is 83.0 Å². The number of pyridine rings is 1. The molecule has 196 valence electrons. The number of ether oxygens (including phenoxy) is 1. The summed E-state index contributed by atoms with van der Waals surface area (Å²) in [6, 6.07) is 15.1. The highest BCUT2D eigenvalue weighted by molar-refractivity contribution is 5.87. The maximum Gasteiger partial charge on any atom is 0.331 e. The standard InChI is InChI=1S/C30H39N5O2/c1-30(2,3)37-29(36)15-12-22-16-17-32-28(19-22)34-27-9-5-4-8-26(27)33-24-7-6-18-35(21-24)25-13-10-23(20-31)11-14-25/h10-17,19,24,26-27,33H,4-9,18,21H2,1-3H3,(H,32,34)/t24-,26+,27+/m0/s1. The van der Waals surface area contributed by atoms with Gasteiger partial charge in [0, 0.05) is 49.2 Å². The van der Waals surface area contributed by atoms with Crippen LogP contribution in [0.4, 0.5) is 11.5 Å². The normalized spacial score (nSPS) is 22.4. The first-order valence-corrected chi connectivity index (χ1v) is 13.4. The van der Waals surface area contributed by atoms with E-state index in [2.05, 4.69) is 38.7 Å². The molecule has 1 aliphatic heterocycles. The van der Waals surface area contributed by atoms with Gasteiger partial charge in [0.25, 0.3) is 0 Å². The Kier molecular flexibility index (Phi) is 8.83. The Labute approximate surface area is 220 Å². The summed E-state index contributed by atoms with van der Waals surface area (Å²) in [5, 5.41) is 16.7. The summed E-state index contributed by atoms with van der Waals surface area (Å²) in [6.45, 7) is 7.60. The Morgan fingerprint density at radius 1 is 1.11 bits per heavy atom. The van der Waals surface area contributed by atoms with Crippen LogP contribution in [0.5, 0.6) is 0 Å². The maximum absolute atomic E-state index is 12.0. The molecule has 1 aliphatic carbocycles. The Morgan fingerprint density at radius 3 is 2.59 bits per heavy atom. The highest BCUT2D eigenvalue weighted by Gasteiger charge is 2.29. The largest absolute Gasteiger partial charge is 0.457 e. The van der Waals surface area contributed by atoms with Gasteiger partial charge in [0.05, 0.1) is 11.6 Å². The minimum Gasteiger partial charge on any atom is -0.457 e. The van der Waals surface area contributed by atoms with E-state index in [-0.39, 0.29) is 5.97 Å². The van der Waals surface area contributed by atoms with Gasteiger partial charge in [-0.2, -0.15) is 5.26 Å². The van der Waals surface area contributed by atoms with Crippen LogP contribution in [0.1, 0.15) is 70.4 Å².